The molecule has 2 aromatic carbocycles. The van der Waals surface area contributed by atoms with Crippen LogP contribution in [-0.4, -0.2) is 70.7 Å². The third kappa shape index (κ3) is 6.33. The molecule has 0 spiro atoms. The van der Waals surface area contributed by atoms with E-state index in [0.717, 1.165) is 11.5 Å². The van der Waals surface area contributed by atoms with E-state index < -0.39 is 48.2 Å². The first-order valence-corrected chi connectivity index (χ1v) is 14.3. The molecule has 3 heterocycles. The topological polar surface area (TPSA) is 92.1 Å². The minimum absolute atomic E-state index is 0.145. The van der Waals surface area contributed by atoms with Gasteiger partial charge >= 0.3 is 13.1 Å². The van der Waals surface area contributed by atoms with Crippen molar-refractivity contribution < 1.29 is 32.8 Å². The predicted octanol–water partition coefficient (Wildman–Crippen LogP) is 4.83. The smallest absolute Gasteiger partial charge is 0.489 e. The maximum absolute atomic E-state index is 13.5. The van der Waals surface area contributed by atoms with E-state index in [1.807, 2.05) is 65.8 Å². The fourth-order valence-electron chi connectivity index (χ4n) is 4.77. The van der Waals surface area contributed by atoms with Gasteiger partial charge < -0.3 is 23.7 Å². The standard InChI is InChI=1S/C28H30BClFN3O6.C2H6/c1-27(2)28(3,4)40-29(39-27)18-7-6-8-20(11-18)38-21-13-24(26(36)37-5)33(16-21)25(35)17-14-32-34(15-17)23-10-9-19(31)12-22(23)30;1-2/h6-12,14-15,21,24H,13,16H2,1-5H3;1-2H3. The number of likely N-dealkylation sites (tertiary alicyclic amines) is 1. The Morgan fingerprint density at radius 1 is 1.10 bits per heavy atom. The Balaban J connectivity index is 0.00000198. The van der Waals surface area contributed by atoms with Crippen LogP contribution in [0.15, 0.2) is 54.9 Å². The number of rotatable bonds is 6. The summed E-state index contributed by atoms with van der Waals surface area (Å²) in [7, 11) is 0.728. The van der Waals surface area contributed by atoms with Crippen molar-refractivity contribution in [3.05, 3.63) is 71.3 Å². The van der Waals surface area contributed by atoms with Crippen molar-refractivity contribution in [1.29, 1.82) is 0 Å². The molecular weight excluding hydrogens is 564 g/mol. The van der Waals surface area contributed by atoms with Crippen molar-refractivity contribution >= 4 is 36.1 Å². The number of amides is 1. The highest BCUT2D eigenvalue weighted by Gasteiger charge is 2.51. The zero-order valence-corrected chi connectivity index (χ0v) is 25.6. The van der Waals surface area contributed by atoms with E-state index in [1.54, 1.807) is 0 Å². The first kappa shape index (κ1) is 31.5. The Morgan fingerprint density at radius 3 is 2.43 bits per heavy atom. The molecule has 0 N–H and O–H groups in total. The van der Waals surface area contributed by atoms with Gasteiger partial charge in [0.15, 0.2) is 0 Å². The van der Waals surface area contributed by atoms with Gasteiger partial charge in [0.2, 0.25) is 0 Å². The van der Waals surface area contributed by atoms with Gasteiger partial charge in [0, 0.05) is 12.6 Å². The molecule has 224 valence electrons. The summed E-state index contributed by atoms with van der Waals surface area (Å²) in [6.07, 6.45) is 2.64. The number of aromatic nitrogens is 2. The number of halogens is 2. The summed E-state index contributed by atoms with van der Waals surface area (Å²) >= 11 is 6.15. The summed E-state index contributed by atoms with van der Waals surface area (Å²) in [5, 5.41) is 4.35. The average Bonchev–Trinajstić information content (AvgIpc) is 3.65. The summed E-state index contributed by atoms with van der Waals surface area (Å²) in [5.41, 5.74) is 0.488. The summed E-state index contributed by atoms with van der Waals surface area (Å²) in [5.74, 6) is -0.881. The van der Waals surface area contributed by atoms with E-state index in [0.29, 0.717) is 11.4 Å². The van der Waals surface area contributed by atoms with E-state index in [2.05, 4.69) is 5.10 Å². The van der Waals surface area contributed by atoms with Crippen molar-refractivity contribution in [1.82, 2.24) is 14.7 Å². The Labute approximate surface area is 251 Å². The number of ether oxygens (including phenoxy) is 2. The molecule has 2 fully saturated rings. The van der Waals surface area contributed by atoms with Gasteiger partial charge in [-0.2, -0.15) is 5.10 Å². The van der Waals surface area contributed by atoms with Crippen molar-refractivity contribution in [2.75, 3.05) is 13.7 Å². The first-order valence-electron chi connectivity index (χ1n) is 13.9. The molecule has 0 radical (unpaired) electrons. The third-order valence-corrected chi connectivity index (χ3v) is 7.97. The number of hydrogen-bond acceptors (Lipinski definition) is 7. The number of carbonyl (C=O) groups is 2. The first-order chi connectivity index (χ1) is 19.9. The van der Waals surface area contributed by atoms with Crippen LogP contribution in [0.25, 0.3) is 5.69 Å². The summed E-state index contributed by atoms with van der Waals surface area (Å²) in [6, 6.07) is 10.4. The molecule has 0 bridgehead atoms. The van der Waals surface area contributed by atoms with Crippen molar-refractivity contribution in [3.8, 4) is 11.4 Å². The van der Waals surface area contributed by atoms with Gasteiger partial charge in [-0.25, -0.2) is 13.9 Å². The highest BCUT2D eigenvalue weighted by Crippen LogP contribution is 2.37. The van der Waals surface area contributed by atoms with Gasteiger partial charge in [-0.15, -0.1) is 0 Å². The molecule has 2 atom stereocenters. The summed E-state index contributed by atoms with van der Waals surface area (Å²) in [6.45, 7) is 12.1. The van der Waals surface area contributed by atoms with Crippen molar-refractivity contribution in [2.45, 2.75) is 71.3 Å². The van der Waals surface area contributed by atoms with Crippen LogP contribution < -0.4 is 10.2 Å². The average molecular weight is 600 g/mol. The van der Waals surface area contributed by atoms with E-state index >= 15 is 0 Å². The van der Waals surface area contributed by atoms with Crippen LogP contribution in [0.4, 0.5) is 4.39 Å². The number of nitrogens with zero attached hydrogens (tertiary/aromatic N) is 3. The summed E-state index contributed by atoms with van der Waals surface area (Å²) in [4.78, 5) is 27.5. The van der Waals surface area contributed by atoms with Gasteiger partial charge in [-0.1, -0.05) is 37.6 Å². The van der Waals surface area contributed by atoms with Gasteiger partial charge in [-0.3, -0.25) is 4.79 Å². The molecule has 3 aromatic rings. The zero-order valence-electron chi connectivity index (χ0n) is 24.9. The molecule has 2 aliphatic rings. The SMILES string of the molecule is CC.COC(=O)C1CC(Oc2cccc(B3OC(C)(C)C(C)(C)O3)c2)CN1C(=O)c1cnn(-c2ccc(F)cc2Cl)c1. The lowest BCUT2D eigenvalue weighted by atomic mass is 9.79. The largest absolute Gasteiger partial charge is 0.494 e. The van der Waals surface area contributed by atoms with E-state index in [9.17, 15) is 14.0 Å². The zero-order chi connectivity index (χ0) is 30.8. The molecule has 42 heavy (non-hydrogen) atoms. The number of methoxy groups -OCH3 is 1. The molecule has 9 nitrogen and oxygen atoms in total. The monoisotopic (exact) mass is 599 g/mol. The van der Waals surface area contributed by atoms with Crippen LogP contribution in [0.2, 0.25) is 5.02 Å². The maximum Gasteiger partial charge on any atom is 0.494 e. The van der Waals surface area contributed by atoms with Crippen LogP contribution in [-0.2, 0) is 18.8 Å². The van der Waals surface area contributed by atoms with Gasteiger partial charge in [-0.05, 0) is 63.5 Å². The second kappa shape index (κ2) is 12.4. The summed E-state index contributed by atoms with van der Waals surface area (Å²) < 4.78 is 38.4. The molecule has 0 saturated carbocycles. The number of benzene rings is 2. The van der Waals surface area contributed by atoms with Gasteiger partial charge in [0.05, 0.1) is 47.3 Å². The van der Waals surface area contributed by atoms with E-state index in [1.165, 1.54) is 41.2 Å². The molecule has 0 aliphatic carbocycles. The minimum atomic E-state index is -0.841. The Hall–Kier alpha value is -3.41. The number of carbonyl (C=O) groups excluding carboxylic acids is 2. The molecule has 2 saturated heterocycles. The molecule has 12 heteroatoms. The Morgan fingerprint density at radius 2 is 1.79 bits per heavy atom. The lowest BCUT2D eigenvalue weighted by Gasteiger charge is -2.32. The fraction of sp³-hybridized carbons (Fsp3) is 0.433. The quantitative estimate of drug-likeness (QED) is 0.296. The second-order valence-corrected chi connectivity index (χ2v) is 11.3. The third-order valence-electron chi connectivity index (χ3n) is 7.67. The maximum atomic E-state index is 13.5. The Kier molecular flexibility index (Phi) is 9.35. The minimum Gasteiger partial charge on any atom is -0.489 e. The normalized spacial score (nSPS) is 20.6. The van der Waals surface area contributed by atoms with Gasteiger partial charge in [0.1, 0.15) is 23.7 Å². The van der Waals surface area contributed by atoms with Crippen LogP contribution in [0.3, 0.4) is 0 Å². The predicted molar refractivity (Wildman–Crippen MR) is 158 cm³/mol. The second-order valence-electron chi connectivity index (χ2n) is 10.9. The van der Waals surface area contributed by atoms with Crippen molar-refractivity contribution in [3.63, 3.8) is 0 Å². The highest BCUT2D eigenvalue weighted by molar-refractivity contribution is 6.62. The fourth-order valence-corrected chi connectivity index (χ4v) is 5.02. The highest BCUT2D eigenvalue weighted by atomic mass is 35.5. The van der Waals surface area contributed by atoms with Crippen LogP contribution in [0, 0.1) is 5.82 Å². The van der Waals surface area contributed by atoms with Crippen LogP contribution >= 0.6 is 11.6 Å². The number of hydrogen-bond donors (Lipinski definition) is 0. The molecule has 2 unspecified atom stereocenters. The molecule has 1 amide bonds. The molecule has 5 rings (SSSR count). The molecule has 1 aromatic heterocycles. The van der Waals surface area contributed by atoms with Crippen molar-refractivity contribution in [2.24, 2.45) is 0 Å². The lowest BCUT2D eigenvalue weighted by molar-refractivity contribution is -0.145. The van der Waals surface area contributed by atoms with Gasteiger partial charge in [0.25, 0.3) is 5.91 Å². The molecule has 2 aliphatic heterocycles. The Bertz CT molecular complexity index is 1430. The number of esters is 1. The lowest BCUT2D eigenvalue weighted by Crippen LogP contribution is -2.41. The molecular formula is C30H36BClFN3O6. The van der Waals surface area contributed by atoms with Crippen LogP contribution in [0.1, 0.15) is 58.3 Å². The van der Waals surface area contributed by atoms with E-state index in [4.69, 9.17) is 30.4 Å². The van der Waals surface area contributed by atoms with E-state index in [-0.39, 0.29) is 23.6 Å². The van der Waals surface area contributed by atoms with Crippen LogP contribution in [0.5, 0.6) is 5.75 Å².